The second kappa shape index (κ2) is 9.99. The van der Waals surface area contributed by atoms with Gasteiger partial charge in [0.2, 0.25) is 26.0 Å². The minimum atomic E-state index is -3.62. The van der Waals surface area contributed by atoms with E-state index in [4.69, 9.17) is 0 Å². The van der Waals surface area contributed by atoms with Gasteiger partial charge in [-0.25, -0.2) is 21.1 Å². The van der Waals surface area contributed by atoms with Gasteiger partial charge in [-0.15, -0.1) is 0 Å². The summed E-state index contributed by atoms with van der Waals surface area (Å²) in [6.45, 7) is 5.27. The second-order valence-electron chi connectivity index (χ2n) is 7.81. The predicted molar refractivity (Wildman–Crippen MR) is 126 cm³/mol. The SMILES string of the molecule is Cc1ccc(S(=O)(=O)N(C)C)cc1NC(=O)CNc1ccc(S(=O)(=O)N(C)C(C)C)cc1. The van der Waals surface area contributed by atoms with Crippen LogP contribution >= 0.6 is 0 Å². The van der Waals surface area contributed by atoms with E-state index in [1.807, 2.05) is 0 Å². The summed E-state index contributed by atoms with van der Waals surface area (Å²) < 4.78 is 52.1. The molecule has 0 aromatic heterocycles. The predicted octanol–water partition coefficient (Wildman–Crippen LogP) is 2.32. The van der Waals surface area contributed by atoms with Crippen molar-refractivity contribution in [3.05, 3.63) is 48.0 Å². The highest BCUT2D eigenvalue weighted by molar-refractivity contribution is 7.89. The van der Waals surface area contributed by atoms with Gasteiger partial charge in [0.15, 0.2) is 0 Å². The summed E-state index contributed by atoms with van der Waals surface area (Å²) in [6, 6.07) is 10.5. The van der Waals surface area contributed by atoms with Crippen molar-refractivity contribution >= 4 is 37.3 Å². The molecule has 0 aliphatic rings. The molecular formula is C21H30N4O5S2. The lowest BCUT2D eigenvalue weighted by molar-refractivity contribution is -0.114. The zero-order valence-electron chi connectivity index (χ0n) is 19.1. The van der Waals surface area contributed by atoms with Crippen molar-refractivity contribution in [1.29, 1.82) is 0 Å². The van der Waals surface area contributed by atoms with Gasteiger partial charge in [-0.05, 0) is 62.7 Å². The van der Waals surface area contributed by atoms with Crippen LogP contribution < -0.4 is 10.6 Å². The lowest BCUT2D eigenvalue weighted by Crippen LogP contribution is -2.33. The monoisotopic (exact) mass is 482 g/mol. The van der Waals surface area contributed by atoms with Crippen LogP contribution in [0.15, 0.2) is 52.3 Å². The fraction of sp³-hybridized carbons (Fsp3) is 0.381. The normalized spacial score (nSPS) is 12.4. The topological polar surface area (TPSA) is 116 Å². The standard InChI is InChI=1S/C21H30N4O5S2/c1-15(2)25(6)32(29,30)18-11-8-17(9-12-18)22-14-21(26)23-20-13-19(10-7-16(20)3)31(27,28)24(4)5/h7-13,15,22H,14H2,1-6H3,(H,23,26). The van der Waals surface area contributed by atoms with Crippen molar-refractivity contribution < 1.29 is 21.6 Å². The third-order valence-corrected chi connectivity index (χ3v) is 8.83. The van der Waals surface area contributed by atoms with Crippen LogP contribution in [0.1, 0.15) is 19.4 Å². The molecule has 0 unspecified atom stereocenters. The number of amides is 1. The highest BCUT2D eigenvalue weighted by Crippen LogP contribution is 2.22. The van der Waals surface area contributed by atoms with Crippen LogP contribution in [0, 0.1) is 6.92 Å². The van der Waals surface area contributed by atoms with Crippen molar-refractivity contribution in [3.63, 3.8) is 0 Å². The molecule has 2 N–H and O–H groups in total. The van der Waals surface area contributed by atoms with Gasteiger partial charge in [-0.3, -0.25) is 4.79 Å². The molecule has 0 saturated heterocycles. The van der Waals surface area contributed by atoms with Crippen LogP contribution in [0.5, 0.6) is 0 Å². The highest BCUT2D eigenvalue weighted by Gasteiger charge is 2.23. The number of hydrogen-bond donors (Lipinski definition) is 2. The highest BCUT2D eigenvalue weighted by atomic mass is 32.2. The molecule has 1 amide bonds. The average Bonchev–Trinajstić information content (AvgIpc) is 2.73. The summed E-state index contributed by atoms with van der Waals surface area (Å²) in [7, 11) is -2.80. The van der Waals surface area contributed by atoms with E-state index in [2.05, 4.69) is 10.6 Å². The first kappa shape index (κ1) is 25.8. The summed E-state index contributed by atoms with van der Waals surface area (Å²) in [6.07, 6.45) is 0. The zero-order valence-corrected chi connectivity index (χ0v) is 20.7. The maximum atomic E-state index is 12.5. The molecule has 0 spiro atoms. The fourth-order valence-corrected chi connectivity index (χ4v) is 4.97. The van der Waals surface area contributed by atoms with E-state index in [0.29, 0.717) is 11.4 Å². The molecule has 2 aromatic rings. The van der Waals surface area contributed by atoms with Crippen LogP contribution in [0.25, 0.3) is 0 Å². The van der Waals surface area contributed by atoms with Gasteiger partial charge in [-0.1, -0.05) is 6.07 Å². The van der Waals surface area contributed by atoms with E-state index in [0.717, 1.165) is 9.87 Å². The van der Waals surface area contributed by atoms with Gasteiger partial charge < -0.3 is 10.6 Å². The fourth-order valence-electron chi connectivity index (χ4n) is 2.67. The molecule has 0 bridgehead atoms. The van der Waals surface area contributed by atoms with Crippen LogP contribution in [0.3, 0.4) is 0 Å². The molecule has 11 heteroatoms. The van der Waals surface area contributed by atoms with Gasteiger partial charge in [0, 0.05) is 38.6 Å². The number of hydrogen-bond acceptors (Lipinski definition) is 6. The molecule has 176 valence electrons. The number of aryl methyl sites for hydroxylation is 1. The Labute approximate surface area is 190 Å². The largest absolute Gasteiger partial charge is 0.376 e. The summed E-state index contributed by atoms with van der Waals surface area (Å²) in [5, 5.41) is 5.64. The Morgan fingerprint density at radius 1 is 0.906 bits per heavy atom. The number of anilines is 2. The molecular weight excluding hydrogens is 452 g/mol. The lowest BCUT2D eigenvalue weighted by Gasteiger charge is -2.21. The number of nitrogens with zero attached hydrogens (tertiary/aromatic N) is 2. The second-order valence-corrected chi connectivity index (χ2v) is 12.0. The molecule has 9 nitrogen and oxygen atoms in total. The minimum Gasteiger partial charge on any atom is -0.376 e. The molecule has 0 aliphatic heterocycles. The smallest absolute Gasteiger partial charge is 0.243 e. The van der Waals surface area contributed by atoms with Crippen LogP contribution in [0.2, 0.25) is 0 Å². The summed E-state index contributed by atoms with van der Waals surface area (Å²) in [4.78, 5) is 12.6. The number of nitrogens with one attached hydrogen (secondary N) is 2. The van der Waals surface area contributed by atoms with E-state index in [-0.39, 0.29) is 28.3 Å². The quantitative estimate of drug-likeness (QED) is 0.567. The Morgan fingerprint density at radius 3 is 2.00 bits per heavy atom. The van der Waals surface area contributed by atoms with Gasteiger partial charge in [0.1, 0.15) is 0 Å². The van der Waals surface area contributed by atoms with E-state index in [1.165, 1.54) is 49.7 Å². The Bertz CT molecular complexity index is 1180. The van der Waals surface area contributed by atoms with Crippen LogP contribution in [-0.4, -0.2) is 65.1 Å². The number of carbonyl (C=O) groups excluding carboxylic acids is 1. The lowest BCUT2D eigenvalue weighted by atomic mass is 10.2. The average molecular weight is 483 g/mol. The summed E-state index contributed by atoms with van der Waals surface area (Å²) >= 11 is 0. The molecule has 32 heavy (non-hydrogen) atoms. The first-order chi connectivity index (χ1) is 14.8. The maximum absolute atomic E-state index is 12.5. The summed E-state index contributed by atoms with van der Waals surface area (Å²) in [5.41, 5.74) is 1.70. The number of carbonyl (C=O) groups is 1. The third-order valence-electron chi connectivity index (χ3n) is 4.97. The van der Waals surface area contributed by atoms with Crippen molar-refractivity contribution in [2.75, 3.05) is 38.3 Å². The minimum absolute atomic E-state index is 0.0813. The molecule has 0 atom stereocenters. The summed E-state index contributed by atoms with van der Waals surface area (Å²) in [5.74, 6) is -0.372. The van der Waals surface area contributed by atoms with E-state index < -0.39 is 20.0 Å². The Kier molecular flexibility index (Phi) is 8.05. The van der Waals surface area contributed by atoms with E-state index in [9.17, 15) is 21.6 Å². The zero-order chi connectivity index (χ0) is 24.3. The van der Waals surface area contributed by atoms with Gasteiger partial charge >= 0.3 is 0 Å². The number of rotatable bonds is 9. The number of sulfonamides is 2. The maximum Gasteiger partial charge on any atom is 0.243 e. The molecule has 2 rings (SSSR count). The molecule has 0 radical (unpaired) electrons. The Hall–Kier alpha value is -2.47. The van der Waals surface area contributed by atoms with Gasteiger partial charge in [-0.2, -0.15) is 4.31 Å². The Balaban J connectivity index is 2.07. The third kappa shape index (κ3) is 5.85. The van der Waals surface area contributed by atoms with Crippen LogP contribution in [-0.2, 0) is 24.8 Å². The van der Waals surface area contributed by atoms with E-state index >= 15 is 0 Å². The first-order valence-electron chi connectivity index (χ1n) is 9.92. The molecule has 0 heterocycles. The Morgan fingerprint density at radius 2 is 1.47 bits per heavy atom. The van der Waals surface area contributed by atoms with Crippen LogP contribution in [0.4, 0.5) is 11.4 Å². The van der Waals surface area contributed by atoms with Gasteiger partial charge in [0.05, 0.1) is 16.3 Å². The number of benzene rings is 2. The van der Waals surface area contributed by atoms with Crippen molar-refractivity contribution in [2.24, 2.45) is 0 Å². The van der Waals surface area contributed by atoms with Crippen molar-refractivity contribution in [1.82, 2.24) is 8.61 Å². The molecule has 0 aliphatic carbocycles. The molecule has 0 saturated carbocycles. The van der Waals surface area contributed by atoms with Gasteiger partial charge in [0.25, 0.3) is 0 Å². The van der Waals surface area contributed by atoms with Crippen molar-refractivity contribution in [3.8, 4) is 0 Å². The van der Waals surface area contributed by atoms with E-state index in [1.54, 1.807) is 39.0 Å². The molecule has 0 fully saturated rings. The first-order valence-corrected chi connectivity index (χ1v) is 12.8. The molecule has 2 aromatic carbocycles. The van der Waals surface area contributed by atoms with Crippen molar-refractivity contribution in [2.45, 2.75) is 36.6 Å².